The summed E-state index contributed by atoms with van der Waals surface area (Å²) >= 11 is 0. The Balaban J connectivity index is 2.54. The molecular weight excluding hydrogens is 384 g/mol. The zero-order valence-corrected chi connectivity index (χ0v) is 16.5. The lowest BCUT2D eigenvalue weighted by Crippen LogP contribution is -2.34. The zero-order chi connectivity index (χ0) is 21.6. The molecule has 0 radical (unpaired) electrons. The van der Waals surface area contributed by atoms with Gasteiger partial charge in [-0.2, -0.15) is 0 Å². The van der Waals surface area contributed by atoms with Crippen LogP contribution in [0, 0.1) is 10.1 Å². The Morgan fingerprint density at radius 3 is 2.62 bits per heavy atom. The third-order valence-electron chi connectivity index (χ3n) is 3.69. The van der Waals surface area contributed by atoms with Crippen LogP contribution in [0.1, 0.15) is 38.2 Å². The van der Waals surface area contributed by atoms with Crippen molar-refractivity contribution in [1.29, 1.82) is 0 Å². The number of carbonyl (C=O) groups excluding carboxylic acids is 2. The molecule has 29 heavy (non-hydrogen) atoms. The van der Waals surface area contributed by atoms with Gasteiger partial charge in [0.05, 0.1) is 20.3 Å². The lowest BCUT2D eigenvalue weighted by Gasteiger charge is -2.13. The fourth-order valence-electron chi connectivity index (χ4n) is 2.21. The summed E-state index contributed by atoms with van der Waals surface area (Å²) in [5.74, 6) is -0.537. The first kappa shape index (κ1) is 23.9. The van der Waals surface area contributed by atoms with Gasteiger partial charge in [-0.05, 0) is 43.0 Å². The maximum absolute atomic E-state index is 12.0. The monoisotopic (exact) mass is 410 g/mol. The normalized spacial score (nSPS) is 11.7. The van der Waals surface area contributed by atoms with Gasteiger partial charge < -0.3 is 24.8 Å². The summed E-state index contributed by atoms with van der Waals surface area (Å²) in [5.41, 5.74) is 6.38. The molecule has 10 heteroatoms. The first-order valence-electron chi connectivity index (χ1n) is 9.14. The van der Waals surface area contributed by atoms with Crippen LogP contribution in [-0.2, 0) is 19.2 Å². The number of carbonyl (C=O) groups is 2. The molecule has 0 aliphatic heterocycles. The fourth-order valence-corrected chi connectivity index (χ4v) is 2.21. The maximum Gasteiger partial charge on any atom is 0.330 e. The molecular formula is C19H26N2O8. The molecule has 1 aromatic rings. The number of methoxy groups -OCH3 is 1. The van der Waals surface area contributed by atoms with E-state index in [1.165, 1.54) is 19.3 Å². The Bertz CT molecular complexity index is 720. The van der Waals surface area contributed by atoms with Crippen molar-refractivity contribution in [3.63, 3.8) is 0 Å². The van der Waals surface area contributed by atoms with Gasteiger partial charge in [-0.3, -0.25) is 0 Å². The second-order valence-electron chi connectivity index (χ2n) is 5.99. The lowest BCUT2D eigenvalue weighted by atomic mass is 10.1. The Morgan fingerprint density at radius 1 is 1.24 bits per heavy atom. The summed E-state index contributed by atoms with van der Waals surface area (Å²) < 4.78 is 15.5. The molecule has 0 fully saturated rings. The number of rotatable bonds is 13. The van der Waals surface area contributed by atoms with Crippen LogP contribution in [0.2, 0.25) is 0 Å². The number of unbranched alkanes of at least 4 members (excludes halogenated alkanes) is 1. The molecule has 0 saturated heterocycles. The van der Waals surface area contributed by atoms with Crippen molar-refractivity contribution in [3.05, 3.63) is 40.0 Å². The number of benzene rings is 1. The molecule has 0 aliphatic rings. The molecule has 0 aromatic heterocycles. The van der Waals surface area contributed by atoms with E-state index in [9.17, 15) is 19.7 Å². The van der Waals surface area contributed by atoms with E-state index in [0.717, 1.165) is 6.42 Å². The van der Waals surface area contributed by atoms with Crippen molar-refractivity contribution in [3.8, 4) is 11.5 Å². The largest absolute Gasteiger partial charge is 0.493 e. The molecule has 0 amide bonds. The number of hydrogen-bond acceptors (Lipinski definition) is 9. The molecule has 0 heterocycles. The van der Waals surface area contributed by atoms with Gasteiger partial charge in [0.15, 0.2) is 11.5 Å². The highest BCUT2D eigenvalue weighted by Crippen LogP contribution is 2.29. The second-order valence-corrected chi connectivity index (χ2v) is 5.99. The number of ether oxygens (including phenoxy) is 3. The maximum atomic E-state index is 12.0. The molecule has 0 saturated carbocycles. The van der Waals surface area contributed by atoms with Gasteiger partial charge >= 0.3 is 11.9 Å². The van der Waals surface area contributed by atoms with E-state index in [1.807, 2.05) is 6.92 Å². The lowest BCUT2D eigenvalue weighted by molar-refractivity contribution is -0.757. The molecule has 0 bridgehead atoms. The minimum atomic E-state index is -0.866. The van der Waals surface area contributed by atoms with Gasteiger partial charge in [0.25, 0.3) is 5.09 Å². The highest BCUT2D eigenvalue weighted by atomic mass is 16.9. The van der Waals surface area contributed by atoms with Crippen molar-refractivity contribution in [2.75, 3.05) is 20.3 Å². The predicted octanol–water partition coefficient (Wildman–Crippen LogP) is 2.27. The van der Waals surface area contributed by atoms with Gasteiger partial charge in [0.1, 0.15) is 6.04 Å². The van der Waals surface area contributed by atoms with Gasteiger partial charge in [-0.1, -0.05) is 19.4 Å². The van der Waals surface area contributed by atoms with Crippen LogP contribution in [0.4, 0.5) is 0 Å². The average Bonchev–Trinajstić information content (AvgIpc) is 2.69. The van der Waals surface area contributed by atoms with Crippen LogP contribution in [0.5, 0.6) is 11.5 Å². The van der Waals surface area contributed by atoms with E-state index in [0.29, 0.717) is 30.6 Å². The van der Waals surface area contributed by atoms with Crippen molar-refractivity contribution in [2.45, 2.75) is 38.6 Å². The molecule has 0 aliphatic carbocycles. The first-order chi connectivity index (χ1) is 13.9. The zero-order valence-electron chi connectivity index (χ0n) is 16.5. The van der Waals surface area contributed by atoms with E-state index in [2.05, 4.69) is 4.84 Å². The predicted molar refractivity (Wildman–Crippen MR) is 104 cm³/mol. The van der Waals surface area contributed by atoms with Crippen LogP contribution in [0.15, 0.2) is 24.3 Å². The van der Waals surface area contributed by atoms with Crippen molar-refractivity contribution >= 4 is 18.0 Å². The first-order valence-corrected chi connectivity index (χ1v) is 9.14. The van der Waals surface area contributed by atoms with Crippen LogP contribution < -0.4 is 15.2 Å². The summed E-state index contributed by atoms with van der Waals surface area (Å²) in [6.07, 6.45) is 4.89. The molecule has 1 unspecified atom stereocenters. The van der Waals surface area contributed by atoms with Crippen LogP contribution in [0.3, 0.4) is 0 Å². The van der Waals surface area contributed by atoms with Gasteiger partial charge in [0, 0.05) is 6.08 Å². The molecule has 2 N–H and O–H groups in total. The number of nitrogens with zero attached hydrogens (tertiary/aromatic N) is 1. The highest BCUT2D eigenvalue weighted by Gasteiger charge is 2.17. The minimum absolute atomic E-state index is 0.0412. The van der Waals surface area contributed by atoms with Crippen LogP contribution in [0.25, 0.3) is 6.08 Å². The van der Waals surface area contributed by atoms with E-state index in [-0.39, 0.29) is 19.0 Å². The highest BCUT2D eigenvalue weighted by molar-refractivity contribution is 5.87. The Labute approximate surface area is 168 Å². The topological polar surface area (TPSA) is 140 Å². The molecule has 10 nitrogen and oxygen atoms in total. The van der Waals surface area contributed by atoms with E-state index < -0.39 is 23.1 Å². The van der Waals surface area contributed by atoms with E-state index >= 15 is 0 Å². The van der Waals surface area contributed by atoms with Crippen molar-refractivity contribution < 1.29 is 33.7 Å². The number of hydrogen-bond donors (Lipinski definition) is 1. The van der Waals surface area contributed by atoms with Gasteiger partial charge in [-0.25, -0.2) is 9.59 Å². The Kier molecular flexibility index (Phi) is 10.8. The molecule has 0 spiro atoms. The third-order valence-corrected chi connectivity index (χ3v) is 3.69. The second kappa shape index (κ2) is 13.1. The Hall–Kier alpha value is -3.14. The summed E-state index contributed by atoms with van der Waals surface area (Å²) in [6, 6.07) is 4.10. The average molecular weight is 410 g/mol. The summed E-state index contributed by atoms with van der Waals surface area (Å²) in [4.78, 5) is 37.8. The van der Waals surface area contributed by atoms with Crippen molar-refractivity contribution in [2.24, 2.45) is 5.73 Å². The number of nitrogens with two attached hydrogens (primary N) is 1. The van der Waals surface area contributed by atoms with Crippen LogP contribution >= 0.6 is 0 Å². The van der Waals surface area contributed by atoms with Crippen molar-refractivity contribution in [1.82, 2.24) is 0 Å². The fraction of sp³-hybridized carbons (Fsp3) is 0.474. The van der Waals surface area contributed by atoms with E-state index in [4.69, 9.17) is 19.9 Å². The minimum Gasteiger partial charge on any atom is -0.493 e. The summed E-state index contributed by atoms with van der Waals surface area (Å²) in [5, 5.41) is 9.12. The summed E-state index contributed by atoms with van der Waals surface area (Å²) in [6.45, 7) is 2.01. The van der Waals surface area contributed by atoms with E-state index in [1.54, 1.807) is 18.2 Å². The molecule has 160 valence electrons. The number of esters is 2. The standard InChI is InChI=1S/C19H26N2O8/c1-3-6-15(20)19(23)29-16-9-7-14(13-17(16)26-2)8-10-18(22)27-11-4-5-12-28-21(24)25/h7-10,13,15H,3-6,11-12,20H2,1-2H3. The van der Waals surface area contributed by atoms with Crippen LogP contribution in [-0.4, -0.2) is 43.4 Å². The molecule has 1 atom stereocenters. The smallest absolute Gasteiger partial charge is 0.330 e. The van der Waals surface area contributed by atoms with Gasteiger partial charge in [0.2, 0.25) is 0 Å². The van der Waals surface area contributed by atoms with Gasteiger partial charge in [-0.15, -0.1) is 10.1 Å². The molecule has 1 aromatic carbocycles. The quantitative estimate of drug-likeness (QED) is 0.129. The summed E-state index contributed by atoms with van der Waals surface area (Å²) in [7, 11) is 1.43. The molecule has 1 rings (SSSR count). The SMILES string of the molecule is CCCC(N)C(=O)Oc1ccc(C=CC(=O)OCCCCO[N+](=O)[O-])cc1OC. The Morgan fingerprint density at radius 2 is 1.97 bits per heavy atom. The third kappa shape index (κ3) is 9.56.